The second-order valence-corrected chi connectivity index (χ2v) is 9.20. The van der Waals surface area contributed by atoms with Crippen LogP contribution in [0.5, 0.6) is 0 Å². The fourth-order valence-corrected chi connectivity index (χ4v) is 6.00. The minimum absolute atomic E-state index is 0.105. The zero-order chi connectivity index (χ0) is 15.6. The first-order valence-electron chi connectivity index (χ1n) is 7.58. The molecule has 2 rings (SSSR count). The van der Waals surface area contributed by atoms with Crippen molar-refractivity contribution in [2.75, 3.05) is 7.05 Å². The highest BCUT2D eigenvalue weighted by Crippen LogP contribution is 2.33. The molecule has 1 heterocycles. The molecule has 0 unspecified atom stereocenters. The molecule has 0 radical (unpaired) electrons. The Balaban J connectivity index is 2.17. The van der Waals surface area contributed by atoms with Crippen molar-refractivity contribution >= 4 is 21.4 Å². The number of hydrogen-bond donors (Lipinski definition) is 1. The molecule has 0 aliphatic heterocycles. The number of thiophene rings is 1. The van der Waals surface area contributed by atoms with Crippen molar-refractivity contribution in [3.8, 4) is 0 Å². The molecule has 1 saturated carbocycles. The van der Waals surface area contributed by atoms with Gasteiger partial charge in [-0.2, -0.15) is 4.31 Å². The van der Waals surface area contributed by atoms with Gasteiger partial charge in [-0.15, -0.1) is 11.3 Å². The van der Waals surface area contributed by atoms with Crippen LogP contribution in [0.2, 0.25) is 0 Å². The lowest BCUT2D eigenvalue weighted by molar-refractivity contribution is 0.233. The summed E-state index contributed by atoms with van der Waals surface area (Å²) in [6.07, 6.45) is 5.32. The summed E-state index contributed by atoms with van der Waals surface area (Å²) in [5.74, 6) is 0.751. The van der Waals surface area contributed by atoms with Gasteiger partial charge in [0.25, 0.3) is 0 Å². The SMILES string of the molecule is CCC1CCC(N(C)S(=O)(=O)c2cc(CO)sc2C)CC1. The first kappa shape index (κ1) is 16.9. The van der Waals surface area contributed by atoms with Crippen molar-refractivity contribution < 1.29 is 13.5 Å². The molecule has 0 spiro atoms. The van der Waals surface area contributed by atoms with Crippen LogP contribution in [0.4, 0.5) is 0 Å². The Bertz CT molecular complexity index is 572. The second-order valence-electron chi connectivity index (χ2n) is 5.90. The highest BCUT2D eigenvalue weighted by molar-refractivity contribution is 7.89. The largest absolute Gasteiger partial charge is 0.391 e. The molecule has 1 aromatic rings. The summed E-state index contributed by atoms with van der Waals surface area (Å²) in [5, 5.41) is 9.19. The third-order valence-electron chi connectivity index (χ3n) is 4.64. The molecule has 1 fully saturated rings. The summed E-state index contributed by atoms with van der Waals surface area (Å²) in [4.78, 5) is 1.82. The van der Waals surface area contributed by atoms with Crippen LogP contribution in [0, 0.1) is 12.8 Å². The Morgan fingerprint density at radius 3 is 2.43 bits per heavy atom. The number of aryl methyl sites for hydroxylation is 1. The maximum atomic E-state index is 12.8. The molecule has 120 valence electrons. The molecular formula is C15H25NO3S2. The molecule has 0 saturated heterocycles. The predicted molar refractivity (Wildman–Crippen MR) is 86.0 cm³/mol. The highest BCUT2D eigenvalue weighted by Gasteiger charge is 2.32. The van der Waals surface area contributed by atoms with Gasteiger partial charge in [0.05, 0.1) is 11.5 Å². The van der Waals surface area contributed by atoms with Gasteiger partial charge < -0.3 is 5.11 Å². The lowest BCUT2D eigenvalue weighted by Crippen LogP contribution is -2.39. The monoisotopic (exact) mass is 331 g/mol. The van der Waals surface area contributed by atoms with E-state index >= 15 is 0 Å². The molecule has 1 aromatic heterocycles. The molecule has 1 N–H and O–H groups in total. The molecule has 21 heavy (non-hydrogen) atoms. The molecule has 1 aliphatic rings. The van der Waals surface area contributed by atoms with Crippen LogP contribution in [0.15, 0.2) is 11.0 Å². The lowest BCUT2D eigenvalue weighted by Gasteiger charge is -2.33. The topological polar surface area (TPSA) is 57.6 Å². The van der Waals surface area contributed by atoms with E-state index in [0.717, 1.165) is 36.5 Å². The summed E-state index contributed by atoms with van der Waals surface area (Å²) < 4.78 is 27.1. The van der Waals surface area contributed by atoms with Gasteiger partial charge in [0.2, 0.25) is 10.0 Å². The fraction of sp³-hybridized carbons (Fsp3) is 0.733. The Morgan fingerprint density at radius 2 is 1.95 bits per heavy atom. The molecule has 6 heteroatoms. The van der Waals surface area contributed by atoms with E-state index in [2.05, 4.69) is 6.92 Å². The van der Waals surface area contributed by atoms with E-state index in [1.54, 1.807) is 24.3 Å². The van der Waals surface area contributed by atoms with Crippen molar-refractivity contribution in [1.82, 2.24) is 4.31 Å². The number of hydrogen-bond acceptors (Lipinski definition) is 4. The van der Waals surface area contributed by atoms with Crippen molar-refractivity contribution in [3.05, 3.63) is 15.8 Å². The molecular weight excluding hydrogens is 306 g/mol. The Kier molecular flexibility index (Phi) is 5.46. The van der Waals surface area contributed by atoms with Gasteiger partial charge in [0.1, 0.15) is 0 Å². The van der Waals surface area contributed by atoms with Crippen molar-refractivity contribution in [3.63, 3.8) is 0 Å². The molecule has 1 aliphatic carbocycles. The Labute approximate surface area is 131 Å². The Hall–Kier alpha value is -0.430. The second kappa shape index (κ2) is 6.77. The summed E-state index contributed by atoms with van der Waals surface area (Å²) in [6.45, 7) is 3.90. The van der Waals surface area contributed by atoms with Gasteiger partial charge in [-0.1, -0.05) is 13.3 Å². The number of nitrogens with zero attached hydrogens (tertiary/aromatic N) is 1. The average molecular weight is 332 g/mol. The van der Waals surface area contributed by atoms with Gasteiger partial charge in [-0.25, -0.2) is 8.42 Å². The van der Waals surface area contributed by atoms with E-state index in [0.29, 0.717) is 9.77 Å². The van der Waals surface area contributed by atoms with Gasteiger partial charge in [-0.05, 0) is 44.6 Å². The van der Waals surface area contributed by atoms with Crippen LogP contribution in [0.25, 0.3) is 0 Å². The lowest BCUT2D eigenvalue weighted by atomic mass is 9.85. The van der Waals surface area contributed by atoms with Crippen LogP contribution in [-0.4, -0.2) is 30.9 Å². The van der Waals surface area contributed by atoms with E-state index in [1.165, 1.54) is 17.8 Å². The van der Waals surface area contributed by atoms with Gasteiger partial charge >= 0.3 is 0 Å². The quantitative estimate of drug-likeness (QED) is 0.902. The first-order chi connectivity index (χ1) is 9.90. The maximum Gasteiger partial charge on any atom is 0.244 e. The summed E-state index contributed by atoms with van der Waals surface area (Å²) in [5.41, 5.74) is 0. The van der Waals surface area contributed by atoms with Crippen LogP contribution in [-0.2, 0) is 16.6 Å². The van der Waals surface area contributed by atoms with Crippen LogP contribution in [0.1, 0.15) is 48.8 Å². The third-order valence-corrected chi connectivity index (χ3v) is 7.84. The number of sulfonamides is 1. The van der Waals surface area contributed by atoms with E-state index in [9.17, 15) is 13.5 Å². The Morgan fingerprint density at radius 1 is 1.33 bits per heavy atom. The maximum absolute atomic E-state index is 12.8. The molecule has 0 aromatic carbocycles. The van der Waals surface area contributed by atoms with Crippen LogP contribution < -0.4 is 0 Å². The summed E-state index contributed by atoms with van der Waals surface area (Å²) in [7, 11) is -1.75. The minimum atomic E-state index is -3.45. The van der Waals surface area contributed by atoms with Gasteiger partial charge in [0.15, 0.2) is 0 Å². The molecule has 4 nitrogen and oxygen atoms in total. The highest BCUT2D eigenvalue weighted by atomic mass is 32.2. The van der Waals surface area contributed by atoms with E-state index in [-0.39, 0.29) is 12.6 Å². The molecule has 0 bridgehead atoms. The van der Waals surface area contributed by atoms with Crippen molar-refractivity contribution in [1.29, 1.82) is 0 Å². The molecule has 0 atom stereocenters. The van der Waals surface area contributed by atoms with Crippen molar-refractivity contribution in [2.24, 2.45) is 5.92 Å². The zero-order valence-corrected chi connectivity index (χ0v) is 14.6. The van der Waals surface area contributed by atoms with Crippen LogP contribution >= 0.6 is 11.3 Å². The normalized spacial score (nSPS) is 23.7. The molecule has 0 amide bonds. The third kappa shape index (κ3) is 3.50. The van der Waals surface area contributed by atoms with E-state index < -0.39 is 10.0 Å². The van der Waals surface area contributed by atoms with Gasteiger partial charge in [-0.3, -0.25) is 0 Å². The zero-order valence-electron chi connectivity index (χ0n) is 13.0. The van der Waals surface area contributed by atoms with Crippen molar-refractivity contribution in [2.45, 2.75) is 63.5 Å². The fourth-order valence-electron chi connectivity index (χ4n) is 3.13. The van der Waals surface area contributed by atoms with Crippen LogP contribution in [0.3, 0.4) is 0 Å². The standard InChI is InChI=1S/C15H25NO3S2/c1-4-12-5-7-13(8-6-12)16(3)21(18,19)15-9-14(10-17)20-11(15)2/h9,12-13,17H,4-8,10H2,1-3H3. The predicted octanol–water partition coefficient (Wildman–Crippen LogP) is 3.14. The first-order valence-corrected chi connectivity index (χ1v) is 9.84. The minimum Gasteiger partial charge on any atom is -0.391 e. The number of aliphatic hydroxyl groups is 1. The summed E-state index contributed by atoms with van der Waals surface area (Å²) >= 11 is 1.35. The number of rotatable bonds is 5. The average Bonchev–Trinajstić information content (AvgIpc) is 2.88. The van der Waals surface area contributed by atoms with E-state index in [4.69, 9.17) is 0 Å². The smallest absolute Gasteiger partial charge is 0.244 e. The summed E-state index contributed by atoms with van der Waals surface area (Å²) in [6, 6.07) is 1.72. The van der Waals surface area contributed by atoms with Gasteiger partial charge in [0, 0.05) is 22.8 Å². The number of aliphatic hydroxyl groups excluding tert-OH is 1. The van der Waals surface area contributed by atoms with E-state index in [1.807, 2.05) is 0 Å².